The van der Waals surface area contributed by atoms with E-state index in [1.165, 1.54) is 0 Å². The summed E-state index contributed by atoms with van der Waals surface area (Å²) in [5.74, 6) is 2.05. The van der Waals surface area contributed by atoms with E-state index in [4.69, 9.17) is 21.1 Å². The molecule has 0 spiro atoms. The van der Waals surface area contributed by atoms with Gasteiger partial charge in [-0.2, -0.15) is 0 Å². The van der Waals surface area contributed by atoms with Gasteiger partial charge in [-0.25, -0.2) is 9.97 Å². The predicted molar refractivity (Wildman–Crippen MR) is 99.0 cm³/mol. The normalized spacial score (nSPS) is 23.1. The Kier molecular flexibility index (Phi) is 4.70. The highest BCUT2D eigenvalue weighted by molar-refractivity contribution is 6.29. The van der Waals surface area contributed by atoms with Crippen molar-refractivity contribution in [1.82, 2.24) is 9.97 Å². The van der Waals surface area contributed by atoms with Crippen LogP contribution in [-0.2, 0) is 13.0 Å². The molecule has 2 aromatic rings. The van der Waals surface area contributed by atoms with Crippen LogP contribution in [-0.4, -0.2) is 40.9 Å². The lowest BCUT2D eigenvalue weighted by molar-refractivity contribution is 0.133. The van der Waals surface area contributed by atoms with Crippen LogP contribution in [0.5, 0.6) is 11.5 Å². The molecule has 26 heavy (non-hydrogen) atoms. The molecular formula is C19H20ClN3O3. The van der Waals surface area contributed by atoms with Gasteiger partial charge in [-0.05, 0) is 17.7 Å². The molecule has 4 rings (SSSR count). The zero-order chi connectivity index (χ0) is 18.1. The number of aliphatic hydroxyl groups is 1. The molecule has 0 saturated heterocycles. The number of hydrogen-bond acceptors (Lipinski definition) is 6. The molecule has 1 aromatic heterocycles. The van der Waals surface area contributed by atoms with Gasteiger partial charge in [0.1, 0.15) is 11.3 Å². The van der Waals surface area contributed by atoms with Crippen molar-refractivity contribution >= 4 is 17.5 Å². The topological polar surface area (TPSA) is 67.7 Å². The zero-order valence-electron chi connectivity index (χ0n) is 14.4. The Morgan fingerprint density at radius 1 is 1.35 bits per heavy atom. The lowest BCUT2D eigenvalue weighted by Gasteiger charge is -2.23. The first-order valence-electron chi connectivity index (χ1n) is 8.57. The van der Waals surface area contributed by atoms with Gasteiger partial charge in [0, 0.05) is 37.7 Å². The molecule has 2 bridgehead atoms. The number of aromatic nitrogens is 2. The highest BCUT2D eigenvalue weighted by Crippen LogP contribution is 2.41. The van der Waals surface area contributed by atoms with Crippen LogP contribution in [0.4, 0.5) is 5.95 Å². The van der Waals surface area contributed by atoms with Gasteiger partial charge in [-0.1, -0.05) is 29.8 Å². The SMILES string of the molecule is COc1ccc2c3c1OC(C3)C[C@@H](O)/C=C/CN(c1nccc(Cl)n1)C2. The van der Waals surface area contributed by atoms with Crippen molar-refractivity contribution < 1.29 is 14.6 Å². The maximum absolute atomic E-state index is 10.3. The Labute approximate surface area is 157 Å². The second-order valence-corrected chi connectivity index (χ2v) is 6.86. The Balaban J connectivity index is 1.76. The summed E-state index contributed by atoms with van der Waals surface area (Å²) in [7, 11) is 1.64. The molecule has 1 N–H and O–H groups in total. The molecular weight excluding hydrogens is 354 g/mol. The van der Waals surface area contributed by atoms with Crippen LogP contribution in [0.3, 0.4) is 0 Å². The number of rotatable bonds is 2. The standard InChI is InChI=1S/C19H20ClN3O3/c1-25-16-5-4-12-11-23(19-21-7-6-17(20)22-19)8-2-3-13(24)9-14-10-15(12)18(16)26-14/h2-7,13-14,24H,8-11H2,1H3/b3-2+/t13-,14?/m0/s1. The zero-order valence-corrected chi connectivity index (χ0v) is 15.2. The van der Waals surface area contributed by atoms with Crippen LogP contribution in [0.15, 0.2) is 36.5 Å². The first kappa shape index (κ1) is 17.1. The first-order valence-corrected chi connectivity index (χ1v) is 8.95. The molecule has 6 nitrogen and oxygen atoms in total. The Morgan fingerprint density at radius 2 is 2.23 bits per heavy atom. The smallest absolute Gasteiger partial charge is 0.227 e. The number of fused-ring (bicyclic) bond motifs is 1. The van der Waals surface area contributed by atoms with Crippen LogP contribution in [0.1, 0.15) is 17.5 Å². The number of nitrogens with zero attached hydrogens (tertiary/aromatic N) is 3. The van der Waals surface area contributed by atoms with E-state index in [0.717, 1.165) is 29.0 Å². The van der Waals surface area contributed by atoms with Gasteiger partial charge in [0.2, 0.25) is 5.95 Å². The van der Waals surface area contributed by atoms with Gasteiger partial charge in [-0.3, -0.25) is 0 Å². The number of hydrogen-bond donors (Lipinski definition) is 1. The van der Waals surface area contributed by atoms with Crippen molar-refractivity contribution in [3.63, 3.8) is 0 Å². The van der Waals surface area contributed by atoms with Crippen molar-refractivity contribution in [3.8, 4) is 11.5 Å². The molecule has 0 radical (unpaired) electrons. The molecule has 1 unspecified atom stereocenters. The number of benzene rings is 1. The lowest BCUT2D eigenvalue weighted by atomic mass is 10.00. The van der Waals surface area contributed by atoms with E-state index >= 15 is 0 Å². The minimum Gasteiger partial charge on any atom is -0.493 e. The number of halogens is 1. The van der Waals surface area contributed by atoms with Crippen LogP contribution >= 0.6 is 11.6 Å². The van der Waals surface area contributed by atoms with E-state index in [-0.39, 0.29) is 6.10 Å². The van der Waals surface area contributed by atoms with Gasteiger partial charge in [0.05, 0.1) is 13.2 Å². The molecule has 0 saturated carbocycles. The van der Waals surface area contributed by atoms with E-state index < -0.39 is 6.10 Å². The summed E-state index contributed by atoms with van der Waals surface area (Å²) >= 11 is 6.04. The van der Waals surface area contributed by atoms with Crippen LogP contribution in [0.25, 0.3) is 0 Å². The van der Waals surface area contributed by atoms with Crippen molar-refractivity contribution in [3.05, 3.63) is 52.8 Å². The average Bonchev–Trinajstić information content (AvgIpc) is 3.03. The highest BCUT2D eigenvalue weighted by atomic mass is 35.5. The maximum Gasteiger partial charge on any atom is 0.227 e. The molecule has 2 aliphatic heterocycles. The van der Waals surface area contributed by atoms with Gasteiger partial charge in [0.25, 0.3) is 0 Å². The summed E-state index contributed by atoms with van der Waals surface area (Å²) < 4.78 is 11.5. The molecule has 0 amide bonds. The predicted octanol–water partition coefficient (Wildman–Crippen LogP) is 2.77. The molecule has 1 aromatic carbocycles. The van der Waals surface area contributed by atoms with E-state index in [1.807, 2.05) is 17.0 Å². The van der Waals surface area contributed by atoms with Crippen molar-refractivity contribution in [2.24, 2.45) is 0 Å². The summed E-state index contributed by atoms with van der Waals surface area (Å²) in [4.78, 5) is 10.7. The highest BCUT2D eigenvalue weighted by Gasteiger charge is 2.30. The van der Waals surface area contributed by atoms with Crippen molar-refractivity contribution in [1.29, 1.82) is 0 Å². The molecule has 7 heteroatoms. The van der Waals surface area contributed by atoms with Gasteiger partial charge >= 0.3 is 0 Å². The Morgan fingerprint density at radius 3 is 3.04 bits per heavy atom. The van der Waals surface area contributed by atoms with Crippen molar-refractivity contribution in [2.45, 2.75) is 31.6 Å². The van der Waals surface area contributed by atoms with E-state index in [2.05, 4.69) is 16.0 Å². The summed E-state index contributed by atoms with van der Waals surface area (Å²) in [5.41, 5.74) is 2.26. The molecule has 136 valence electrons. The van der Waals surface area contributed by atoms with Crippen molar-refractivity contribution in [2.75, 3.05) is 18.6 Å². The first-order chi connectivity index (χ1) is 12.6. The third kappa shape index (κ3) is 3.34. The number of methoxy groups -OCH3 is 1. The van der Waals surface area contributed by atoms with Crippen LogP contribution < -0.4 is 14.4 Å². The quantitative estimate of drug-likeness (QED) is 0.645. The van der Waals surface area contributed by atoms with Gasteiger partial charge in [-0.15, -0.1) is 0 Å². The molecule has 3 heterocycles. The van der Waals surface area contributed by atoms with E-state index in [0.29, 0.717) is 30.6 Å². The fraction of sp³-hybridized carbons (Fsp3) is 0.368. The summed E-state index contributed by atoms with van der Waals surface area (Å²) in [6.07, 6.45) is 6.04. The number of ether oxygens (including phenoxy) is 2. The molecule has 0 fully saturated rings. The fourth-order valence-electron chi connectivity index (χ4n) is 3.47. The minimum absolute atomic E-state index is 0.0614. The average molecular weight is 374 g/mol. The van der Waals surface area contributed by atoms with E-state index in [9.17, 15) is 5.11 Å². The van der Waals surface area contributed by atoms with Crippen LogP contribution in [0.2, 0.25) is 5.15 Å². The Bertz CT molecular complexity index is 843. The summed E-state index contributed by atoms with van der Waals surface area (Å²) in [5, 5.41) is 10.7. The molecule has 2 atom stereocenters. The van der Waals surface area contributed by atoms with Crippen LogP contribution in [0, 0.1) is 0 Å². The Hall–Kier alpha value is -2.31. The van der Waals surface area contributed by atoms with E-state index in [1.54, 1.807) is 25.4 Å². The number of anilines is 1. The number of aliphatic hydroxyl groups excluding tert-OH is 1. The largest absolute Gasteiger partial charge is 0.493 e. The van der Waals surface area contributed by atoms with Gasteiger partial charge in [0.15, 0.2) is 11.5 Å². The second-order valence-electron chi connectivity index (χ2n) is 6.47. The maximum atomic E-state index is 10.3. The molecule has 0 aliphatic carbocycles. The second kappa shape index (κ2) is 7.13. The monoisotopic (exact) mass is 373 g/mol. The third-order valence-electron chi connectivity index (χ3n) is 4.70. The summed E-state index contributed by atoms with van der Waals surface area (Å²) in [6, 6.07) is 5.63. The minimum atomic E-state index is -0.566. The third-order valence-corrected chi connectivity index (χ3v) is 4.91. The molecule has 2 aliphatic rings. The fourth-order valence-corrected chi connectivity index (χ4v) is 3.60. The lowest BCUT2D eigenvalue weighted by Crippen LogP contribution is -2.25. The summed E-state index contributed by atoms with van der Waals surface area (Å²) in [6.45, 7) is 1.19. The van der Waals surface area contributed by atoms with Gasteiger partial charge < -0.3 is 19.5 Å².